The van der Waals surface area contributed by atoms with E-state index in [2.05, 4.69) is 0 Å². The van der Waals surface area contributed by atoms with Gasteiger partial charge in [0.1, 0.15) is 11.6 Å². The van der Waals surface area contributed by atoms with Crippen LogP contribution < -0.4 is 5.73 Å². The Bertz CT molecular complexity index is 411. The molecule has 0 spiro atoms. The summed E-state index contributed by atoms with van der Waals surface area (Å²) in [5, 5.41) is -0.205. The maximum absolute atomic E-state index is 13.7. The van der Waals surface area contributed by atoms with Gasteiger partial charge in [-0.05, 0) is 30.9 Å². The summed E-state index contributed by atoms with van der Waals surface area (Å²) in [6, 6.07) is 1.50. The molecule has 2 rings (SSSR count). The first-order valence-corrected chi connectivity index (χ1v) is 5.95. The van der Waals surface area contributed by atoms with Crippen LogP contribution in [0.5, 0.6) is 0 Å². The Hall–Kier alpha value is -0.420. The fourth-order valence-electron chi connectivity index (χ4n) is 2.16. The second kappa shape index (κ2) is 6.66. The fraction of sp³-hybridized carbons (Fsp3) is 0.500. The Kier molecular flexibility index (Phi) is 5.79. The number of hydrogen-bond donors (Lipinski definition) is 1. The average molecular weight is 298 g/mol. The number of ether oxygens (including phenoxy) is 1. The van der Waals surface area contributed by atoms with Crippen LogP contribution in [0.25, 0.3) is 0 Å². The molecule has 1 aromatic carbocycles. The molecular weight excluding hydrogens is 283 g/mol. The van der Waals surface area contributed by atoms with E-state index in [0.717, 1.165) is 25.0 Å². The highest BCUT2D eigenvalue weighted by Gasteiger charge is 2.27. The molecule has 2 N–H and O–H groups in total. The van der Waals surface area contributed by atoms with Crippen LogP contribution in [0.4, 0.5) is 8.78 Å². The number of benzene rings is 1. The van der Waals surface area contributed by atoms with Gasteiger partial charge < -0.3 is 10.5 Å². The lowest BCUT2D eigenvalue weighted by Gasteiger charge is -2.28. The highest BCUT2D eigenvalue weighted by Crippen LogP contribution is 2.34. The van der Waals surface area contributed by atoms with Crippen molar-refractivity contribution in [3.05, 3.63) is 34.4 Å². The lowest BCUT2D eigenvalue weighted by molar-refractivity contribution is 0.0580. The van der Waals surface area contributed by atoms with Crippen molar-refractivity contribution in [1.82, 2.24) is 0 Å². The van der Waals surface area contributed by atoms with E-state index >= 15 is 0 Å². The molecule has 1 aliphatic heterocycles. The molecule has 0 saturated carbocycles. The van der Waals surface area contributed by atoms with Crippen LogP contribution in [-0.4, -0.2) is 13.2 Å². The molecule has 0 aromatic heterocycles. The zero-order chi connectivity index (χ0) is 12.4. The normalized spacial score (nSPS) is 18.2. The van der Waals surface area contributed by atoms with Gasteiger partial charge in [0.25, 0.3) is 0 Å². The molecule has 1 atom stereocenters. The van der Waals surface area contributed by atoms with Crippen molar-refractivity contribution in [1.29, 1.82) is 0 Å². The van der Waals surface area contributed by atoms with Crippen LogP contribution in [0.1, 0.15) is 24.4 Å². The first-order valence-electron chi connectivity index (χ1n) is 5.58. The standard InChI is InChI=1S/C12H14ClF2NO.ClH/c13-11-9(15)2-1-8(14)10(11)12(16)7-3-5-17-6-4-7;/h1-2,7,12H,3-6,16H2;1H/t12-;/m0./s1. The van der Waals surface area contributed by atoms with E-state index in [1.54, 1.807) is 0 Å². The third-order valence-electron chi connectivity index (χ3n) is 3.19. The lowest BCUT2D eigenvalue weighted by Crippen LogP contribution is -2.28. The van der Waals surface area contributed by atoms with Gasteiger partial charge in [0, 0.05) is 24.8 Å². The van der Waals surface area contributed by atoms with Crippen LogP contribution in [0.15, 0.2) is 12.1 Å². The maximum atomic E-state index is 13.7. The lowest BCUT2D eigenvalue weighted by atomic mass is 9.87. The highest BCUT2D eigenvalue weighted by molar-refractivity contribution is 6.31. The van der Waals surface area contributed by atoms with Crippen LogP contribution in [-0.2, 0) is 4.74 Å². The number of halogens is 4. The SMILES string of the molecule is Cl.N[C@H](c1c(F)ccc(F)c1Cl)C1CCOCC1. The molecule has 1 heterocycles. The summed E-state index contributed by atoms with van der Waals surface area (Å²) in [6.45, 7) is 1.21. The zero-order valence-electron chi connectivity index (χ0n) is 9.67. The molecule has 0 radical (unpaired) electrons. The van der Waals surface area contributed by atoms with Crippen molar-refractivity contribution in [3.8, 4) is 0 Å². The second-order valence-corrected chi connectivity index (χ2v) is 4.61. The molecule has 18 heavy (non-hydrogen) atoms. The van der Waals surface area contributed by atoms with Crippen LogP contribution in [0, 0.1) is 17.6 Å². The summed E-state index contributed by atoms with van der Waals surface area (Å²) in [5.74, 6) is -1.10. The van der Waals surface area contributed by atoms with Gasteiger partial charge in [-0.3, -0.25) is 0 Å². The molecule has 2 nitrogen and oxygen atoms in total. The van der Waals surface area contributed by atoms with Crippen molar-refractivity contribution in [2.75, 3.05) is 13.2 Å². The number of nitrogens with two attached hydrogens (primary N) is 1. The predicted molar refractivity (Wildman–Crippen MR) is 69.1 cm³/mol. The van der Waals surface area contributed by atoms with Crippen LogP contribution in [0.2, 0.25) is 5.02 Å². The van der Waals surface area contributed by atoms with Crippen LogP contribution in [0.3, 0.4) is 0 Å². The van der Waals surface area contributed by atoms with Crippen molar-refractivity contribution in [3.63, 3.8) is 0 Å². The molecule has 6 heteroatoms. The molecule has 1 aliphatic rings. The Labute approximate surface area is 116 Å². The van der Waals surface area contributed by atoms with Crippen LogP contribution >= 0.6 is 24.0 Å². The van der Waals surface area contributed by atoms with Gasteiger partial charge in [0.2, 0.25) is 0 Å². The number of hydrogen-bond acceptors (Lipinski definition) is 2. The first kappa shape index (κ1) is 15.6. The third-order valence-corrected chi connectivity index (χ3v) is 3.57. The first-order chi connectivity index (χ1) is 8.11. The van der Waals surface area contributed by atoms with E-state index in [4.69, 9.17) is 22.1 Å². The van der Waals surface area contributed by atoms with Gasteiger partial charge >= 0.3 is 0 Å². The minimum absolute atomic E-state index is 0. The second-order valence-electron chi connectivity index (χ2n) is 4.23. The van der Waals surface area contributed by atoms with E-state index in [1.807, 2.05) is 0 Å². The monoisotopic (exact) mass is 297 g/mol. The Morgan fingerprint density at radius 2 is 1.78 bits per heavy atom. The van der Waals surface area contributed by atoms with Gasteiger partial charge in [-0.1, -0.05) is 11.6 Å². The van der Waals surface area contributed by atoms with Gasteiger partial charge in [-0.15, -0.1) is 12.4 Å². The van der Waals surface area contributed by atoms with E-state index in [0.29, 0.717) is 13.2 Å². The zero-order valence-corrected chi connectivity index (χ0v) is 11.2. The fourth-order valence-corrected chi connectivity index (χ4v) is 2.44. The third kappa shape index (κ3) is 3.12. The van der Waals surface area contributed by atoms with Gasteiger partial charge in [-0.25, -0.2) is 8.78 Å². The summed E-state index contributed by atoms with van der Waals surface area (Å²) >= 11 is 5.79. The quantitative estimate of drug-likeness (QED) is 0.849. The molecule has 0 aliphatic carbocycles. The summed E-state index contributed by atoms with van der Waals surface area (Å²) in [6.07, 6.45) is 1.49. The Morgan fingerprint density at radius 1 is 1.22 bits per heavy atom. The molecule has 0 amide bonds. The number of rotatable bonds is 2. The molecular formula is C12H15Cl2F2NO. The van der Waals surface area contributed by atoms with Gasteiger partial charge in [0.15, 0.2) is 0 Å². The van der Waals surface area contributed by atoms with E-state index in [-0.39, 0.29) is 28.9 Å². The summed E-state index contributed by atoms with van der Waals surface area (Å²) in [4.78, 5) is 0. The highest BCUT2D eigenvalue weighted by atomic mass is 35.5. The van der Waals surface area contributed by atoms with E-state index < -0.39 is 17.7 Å². The summed E-state index contributed by atoms with van der Waals surface area (Å²) in [5.41, 5.74) is 6.08. The molecule has 0 bridgehead atoms. The largest absolute Gasteiger partial charge is 0.381 e. The summed E-state index contributed by atoms with van der Waals surface area (Å²) < 4.78 is 32.2. The maximum Gasteiger partial charge on any atom is 0.142 e. The predicted octanol–water partition coefficient (Wildman–Crippen LogP) is 3.47. The van der Waals surface area contributed by atoms with Crippen molar-refractivity contribution < 1.29 is 13.5 Å². The average Bonchev–Trinajstić information content (AvgIpc) is 2.35. The molecule has 102 valence electrons. The molecule has 0 unspecified atom stereocenters. The van der Waals surface area contributed by atoms with E-state index in [9.17, 15) is 8.78 Å². The minimum atomic E-state index is -0.634. The molecule has 1 fully saturated rings. The topological polar surface area (TPSA) is 35.2 Å². The van der Waals surface area contributed by atoms with Crippen molar-refractivity contribution >= 4 is 24.0 Å². The minimum Gasteiger partial charge on any atom is -0.381 e. The van der Waals surface area contributed by atoms with Crippen molar-refractivity contribution in [2.45, 2.75) is 18.9 Å². The van der Waals surface area contributed by atoms with Gasteiger partial charge in [-0.2, -0.15) is 0 Å². The van der Waals surface area contributed by atoms with Gasteiger partial charge in [0.05, 0.1) is 5.02 Å². The smallest absolute Gasteiger partial charge is 0.142 e. The summed E-state index contributed by atoms with van der Waals surface area (Å²) in [7, 11) is 0. The molecule has 1 saturated heterocycles. The van der Waals surface area contributed by atoms with Crippen molar-refractivity contribution in [2.24, 2.45) is 11.7 Å². The molecule has 1 aromatic rings. The Morgan fingerprint density at radius 3 is 2.39 bits per heavy atom. The van der Waals surface area contributed by atoms with E-state index in [1.165, 1.54) is 0 Å². The Balaban J connectivity index is 0.00000162.